The van der Waals surface area contributed by atoms with Crippen LogP contribution in [-0.2, 0) is 20.5 Å². The van der Waals surface area contributed by atoms with Gasteiger partial charge in [0, 0.05) is 24.4 Å². The summed E-state index contributed by atoms with van der Waals surface area (Å²) >= 11 is 0. The molecule has 2 aliphatic heterocycles. The summed E-state index contributed by atoms with van der Waals surface area (Å²) in [4.78, 5) is 25.9. The minimum absolute atomic E-state index is 0.0288. The molecular weight excluding hydrogens is 371 g/mol. The van der Waals surface area contributed by atoms with Gasteiger partial charge in [0.2, 0.25) is 5.91 Å². The zero-order valence-electron chi connectivity index (χ0n) is 15.8. The first-order valence-electron chi connectivity index (χ1n) is 9.79. The summed E-state index contributed by atoms with van der Waals surface area (Å²) in [6.45, 7) is 3.41. The van der Waals surface area contributed by atoms with Gasteiger partial charge in [-0.3, -0.25) is 9.59 Å². The third-order valence-corrected chi connectivity index (χ3v) is 6.61. The molecule has 1 aliphatic carbocycles. The third kappa shape index (κ3) is 3.51. The highest BCUT2D eigenvalue weighted by Crippen LogP contribution is 2.52. The van der Waals surface area contributed by atoms with Crippen molar-refractivity contribution in [1.29, 1.82) is 0 Å². The zero-order valence-corrected chi connectivity index (χ0v) is 15.8. The molecule has 0 unspecified atom stereocenters. The highest BCUT2D eigenvalue weighted by molar-refractivity contribution is 5.81. The number of nitrogens with zero attached hydrogens (tertiary/aromatic N) is 1. The largest absolute Gasteiger partial charge is 0.465 e. The number of esters is 1. The highest BCUT2D eigenvalue weighted by atomic mass is 19.4. The number of likely N-dealkylation sites (tertiary alicyclic amines) is 1. The summed E-state index contributed by atoms with van der Waals surface area (Å²) in [6.07, 6.45) is -0.944. The van der Waals surface area contributed by atoms with Crippen LogP contribution in [0.2, 0.25) is 0 Å². The molecule has 1 spiro atoms. The number of halogens is 3. The van der Waals surface area contributed by atoms with Crippen molar-refractivity contribution >= 4 is 11.9 Å². The first-order valence-corrected chi connectivity index (χ1v) is 9.79. The Labute approximate surface area is 162 Å². The summed E-state index contributed by atoms with van der Waals surface area (Å²) in [6, 6.07) is 3.96. The van der Waals surface area contributed by atoms with Gasteiger partial charge in [0.25, 0.3) is 0 Å². The van der Waals surface area contributed by atoms with E-state index in [0.717, 1.165) is 37.3 Å². The third-order valence-electron chi connectivity index (χ3n) is 6.61. The molecule has 4 rings (SSSR count). The number of carbonyl (C=O) groups is 2. The number of amides is 1. The number of hydrogen-bond donors (Lipinski definition) is 0. The molecule has 3 fully saturated rings. The minimum atomic E-state index is -4.33. The standard InChI is InChI=1S/C21H24F3NO3/c1-13-8-16(21(22,23)24)2-3-17(13)14-4-6-25(7-5-14)19(27)15-9-20(10-15)11-18(26)28-12-20/h2-3,8,14-15H,4-7,9-12H2,1H3. The van der Waals surface area contributed by atoms with Crippen LogP contribution in [0.1, 0.15) is 54.7 Å². The number of benzene rings is 1. The maximum absolute atomic E-state index is 12.9. The Morgan fingerprint density at radius 1 is 1.21 bits per heavy atom. The van der Waals surface area contributed by atoms with Crippen molar-refractivity contribution in [3.63, 3.8) is 0 Å². The van der Waals surface area contributed by atoms with Gasteiger partial charge in [-0.15, -0.1) is 0 Å². The fourth-order valence-electron chi connectivity index (χ4n) is 5.04. The van der Waals surface area contributed by atoms with Crippen molar-refractivity contribution in [2.45, 2.75) is 51.1 Å². The van der Waals surface area contributed by atoms with E-state index in [2.05, 4.69) is 0 Å². The van der Waals surface area contributed by atoms with Gasteiger partial charge in [0.1, 0.15) is 0 Å². The lowest BCUT2D eigenvalue weighted by molar-refractivity contribution is -0.144. The Morgan fingerprint density at radius 2 is 1.89 bits per heavy atom. The molecule has 1 saturated carbocycles. The topological polar surface area (TPSA) is 46.6 Å². The van der Waals surface area contributed by atoms with E-state index in [4.69, 9.17) is 4.74 Å². The van der Waals surface area contributed by atoms with Gasteiger partial charge in [-0.2, -0.15) is 13.2 Å². The number of hydrogen-bond acceptors (Lipinski definition) is 3. The van der Waals surface area contributed by atoms with Gasteiger partial charge in [0.15, 0.2) is 0 Å². The first-order chi connectivity index (χ1) is 13.2. The average molecular weight is 395 g/mol. The Kier molecular flexibility index (Phi) is 4.67. The number of piperidine rings is 1. The molecule has 0 radical (unpaired) electrons. The lowest BCUT2D eigenvalue weighted by Crippen LogP contribution is -2.49. The Hall–Kier alpha value is -2.05. The quantitative estimate of drug-likeness (QED) is 0.710. The fraction of sp³-hybridized carbons (Fsp3) is 0.619. The lowest BCUT2D eigenvalue weighted by Gasteiger charge is -2.45. The van der Waals surface area contributed by atoms with Crippen molar-refractivity contribution in [2.24, 2.45) is 11.3 Å². The van der Waals surface area contributed by atoms with Gasteiger partial charge >= 0.3 is 12.1 Å². The van der Waals surface area contributed by atoms with E-state index in [0.29, 0.717) is 31.7 Å². The normalized spacial score (nSPS) is 28.4. The van der Waals surface area contributed by atoms with Crippen LogP contribution in [0.25, 0.3) is 0 Å². The van der Waals surface area contributed by atoms with E-state index in [1.165, 1.54) is 6.07 Å². The summed E-state index contributed by atoms with van der Waals surface area (Å²) in [7, 11) is 0. The van der Waals surface area contributed by atoms with Crippen LogP contribution in [0.4, 0.5) is 13.2 Å². The second-order valence-electron chi connectivity index (χ2n) is 8.61. The van der Waals surface area contributed by atoms with Gasteiger partial charge in [-0.25, -0.2) is 0 Å². The molecule has 2 heterocycles. The molecule has 0 bridgehead atoms. The van der Waals surface area contributed by atoms with Crippen LogP contribution >= 0.6 is 0 Å². The maximum Gasteiger partial charge on any atom is 0.416 e. The molecule has 0 atom stereocenters. The second kappa shape index (κ2) is 6.78. The molecule has 2 saturated heterocycles. The average Bonchev–Trinajstić information content (AvgIpc) is 3.01. The van der Waals surface area contributed by atoms with Crippen LogP contribution in [0.15, 0.2) is 18.2 Å². The van der Waals surface area contributed by atoms with E-state index >= 15 is 0 Å². The zero-order chi connectivity index (χ0) is 20.1. The number of ether oxygens (including phenoxy) is 1. The van der Waals surface area contributed by atoms with E-state index in [1.807, 2.05) is 4.90 Å². The fourth-order valence-corrected chi connectivity index (χ4v) is 5.04. The Balaban J connectivity index is 1.33. The first kappa shape index (κ1) is 19.3. The van der Waals surface area contributed by atoms with Crippen LogP contribution < -0.4 is 0 Å². The molecule has 3 aliphatic rings. The molecule has 4 nitrogen and oxygen atoms in total. The molecular formula is C21H24F3NO3. The maximum atomic E-state index is 12.9. The monoisotopic (exact) mass is 395 g/mol. The van der Waals surface area contributed by atoms with Gasteiger partial charge in [-0.1, -0.05) is 6.07 Å². The Bertz CT molecular complexity index is 791. The van der Waals surface area contributed by atoms with Crippen LogP contribution in [0.5, 0.6) is 0 Å². The summed E-state index contributed by atoms with van der Waals surface area (Å²) in [5, 5.41) is 0. The number of alkyl halides is 3. The minimum Gasteiger partial charge on any atom is -0.465 e. The van der Waals surface area contributed by atoms with Gasteiger partial charge in [-0.05, 0) is 61.8 Å². The second-order valence-corrected chi connectivity index (χ2v) is 8.61. The van der Waals surface area contributed by atoms with E-state index in [1.54, 1.807) is 13.0 Å². The number of aryl methyl sites for hydroxylation is 1. The molecule has 0 N–H and O–H groups in total. The Morgan fingerprint density at radius 3 is 2.43 bits per heavy atom. The summed E-state index contributed by atoms with van der Waals surface area (Å²) in [5.74, 6) is 0.130. The van der Waals surface area contributed by atoms with Crippen LogP contribution in [0.3, 0.4) is 0 Å². The number of cyclic esters (lactones) is 1. The van der Waals surface area contributed by atoms with Gasteiger partial charge in [0.05, 0.1) is 18.6 Å². The summed E-state index contributed by atoms with van der Waals surface area (Å²) < 4.78 is 43.6. The predicted octanol–water partition coefficient (Wildman–Crippen LogP) is 4.06. The molecule has 152 valence electrons. The lowest BCUT2D eigenvalue weighted by atomic mass is 9.61. The van der Waals surface area contributed by atoms with Crippen molar-refractivity contribution in [3.05, 3.63) is 34.9 Å². The van der Waals surface area contributed by atoms with Gasteiger partial charge < -0.3 is 9.64 Å². The molecule has 28 heavy (non-hydrogen) atoms. The molecule has 7 heteroatoms. The predicted molar refractivity (Wildman–Crippen MR) is 95.5 cm³/mol. The molecule has 0 aromatic heterocycles. The summed E-state index contributed by atoms with van der Waals surface area (Å²) in [5.41, 5.74) is 0.873. The van der Waals surface area contributed by atoms with Crippen LogP contribution in [0, 0.1) is 18.3 Å². The van der Waals surface area contributed by atoms with Crippen LogP contribution in [-0.4, -0.2) is 36.5 Å². The number of carbonyl (C=O) groups excluding carboxylic acids is 2. The smallest absolute Gasteiger partial charge is 0.416 e. The molecule has 1 aromatic rings. The van der Waals surface area contributed by atoms with Crippen molar-refractivity contribution < 1.29 is 27.5 Å². The van der Waals surface area contributed by atoms with E-state index in [9.17, 15) is 22.8 Å². The van der Waals surface area contributed by atoms with Crippen molar-refractivity contribution in [3.8, 4) is 0 Å². The highest BCUT2D eigenvalue weighted by Gasteiger charge is 2.53. The van der Waals surface area contributed by atoms with E-state index < -0.39 is 11.7 Å². The van der Waals surface area contributed by atoms with Crippen molar-refractivity contribution in [1.82, 2.24) is 4.90 Å². The molecule has 1 aromatic carbocycles. The van der Waals surface area contributed by atoms with E-state index in [-0.39, 0.29) is 29.1 Å². The number of rotatable bonds is 2. The molecule has 1 amide bonds. The SMILES string of the molecule is Cc1cc(C(F)(F)F)ccc1C1CCN(C(=O)C2CC3(COC(=O)C3)C2)CC1. The van der Waals surface area contributed by atoms with Crippen molar-refractivity contribution in [2.75, 3.05) is 19.7 Å².